The molecule has 1 atom stereocenters. The summed E-state index contributed by atoms with van der Waals surface area (Å²) in [5.41, 5.74) is 0.914. The highest BCUT2D eigenvalue weighted by atomic mass is 32.2. The molecule has 0 heterocycles. The number of rotatable bonds is 8. The van der Waals surface area contributed by atoms with E-state index in [1.165, 1.54) is 10.6 Å². The predicted octanol–water partition coefficient (Wildman–Crippen LogP) is 1.93. The topological polar surface area (TPSA) is 66.5 Å². The molecule has 0 aliphatic rings. The van der Waals surface area contributed by atoms with Crippen molar-refractivity contribution in [2.45, 2.75) is 32.7 Å². The first-order chi connectivity index (χ1) is 9.86. The van der Waals surface area contributed by atoms with E-state index < -0.39 is 10.0 Å². The lowest BCUT2D eigenvalue weighted by Crippen LogP contribution is -2.36. The molecule has 5 nitrogen and oxygen atoms in total. The summed E-state index contributed by atoms with van der Waals surface area (Å²) in [4.78, 5) is 11.7. The molecule has 21 heavy (non-hydrogen) atoms. The van der Waals surface area contributed by atoms with Crippen molar-refractivity contribution >= 4 is 15.9 Å². The number of nitrogens with zero attached hydrogens (tertiary/aromatic N) is 1. The highest BCUT2D eigenvalue weighted by molar-refractivity contribution is 7.88. The van der Waals surface area contributed by atoms with Gasteiger partial charge >= 0.3 is 0 Å². The van der Waals surface area contributed by atoms with Gasteiger partial charge in [0.2, 0.25) is 15.9 Å². The molecule has 0 bridgehead atoms. The molecule has 6 heteroatoms. The molecule has 1 unspecified atom stereocenters. The number of benzene rings is 1. The van der Waals surface area contributed by atoms with Crippen molar-refractivity contribution in [3.63, 3.8) is 0 Å². The summed E-state index contributed by atoms with van der Waals surface area (Å²) in [6, 6.07) is 9.12. The lowest BCUT2D eigenvalue weighted by Gasteiger charge is -2.27. The van der Waals surface area contributed by atoms with Crippen molar-refractivity contribution in [2.24, 2.45) is 0 Å². The van der Waals surface area contributed by atoms with Crippen LogP contribution in [-0.4, -0.2) is 38.0 Å². The molecular formula is C15H24N2O3S. The first-order valence-corrected chi connectivity index (χ1v) is 8.99. The second-order valence-electron chi connectivity index (χ2n) is 5.06. The number of amides is 1. The average Bonchev–Trinajstić information content (AvgIpc) is 2.44. The highest BCUT2D eigenvalue weighted by Crippen LogP contribution is 2.22. The molecule has 0 spiro atoms. The molecule has 1 aromatic carbocycles. The number of hydrogen-bond donors (Lipinski definition) is 1. The fourth-order valence-corrected chi connectivity index (χ4v) is 3.23. The van der Waals surface area contributed by atoms with Crippen molar-refractivity contribution in [3.05, 3.63) is 35.9 Å². The second-order valence-corrected chi connectivity index (χ2v) is 7.00. The Morgan fingerprint density at radius 3 is 2.43 bits per heavy atom. The number of carbonyl (C=O) groups is 1. The fraction of sp³-hybridized carbons (Fsp3) is 0.533. The van der Waals surface area contributed by atoms with Crippen molar-refractivity contribution in [1.82, 2.24) is 9.62 Å². The van der Waals surface area contributed by atoms with Crippen LogP contribution in [0.25, 0.3) is 0 Å². The van der Waals surface area contributed by atoms with Gasteiger partial charge in [-0.05, 0) is 18.9 Å². The molecular weight excluding hydrogens is 288 g/mol. The van der Waals surface area contributed by atoms with E-state index in [0.717, 1.165) is 12.0 Å². The maximum atomic E-state index is 12.0. The molecule has 0 saturated heterocycles. The largest absolute Gasteiger partial charge is 0.356 e. The summed E-state index contributed by atoms with van der Waals surface area (Å²) in [6.07, 6.45) is 2.21. The van der Waals surface area contributed by atoms with Crippen LogP contribution in [0.15, 0.2) is 30.3 Å². The van der Waals surface area contributed by atoms with E-state index in [0.29, 0.717) is 6.54 Å². The van der Waals surface area contributed by atoms with Gasteiger partial charge in [-0.3, -0.25) is 4.79 Å². The Balaban J connectivity index is 2.76. The van der Waals surface area contributed by atoms with E-state index in [1.807, 2.05) is 44.2 Å². The Labute approximate surface area is 127 Å². The van der Waals surface area contributed by atoms with Crippen LogP contribution < -0.4 is 5.32 Å². The maximum absolute atomic E-state index is 12.0. The first-order valence-electron chi connectivity index (χ1n) is 7.14. The monoisotopic (exact) mass is 312 g/mol. The standard InChI is InChI=1S/C15H24N2O3S/c1-4-11-16-15(18)10-12-17(21(3,19)20)13(2)14-8-6-5-7-9-14/h5-9,13H,4,10-12H2,1-3H3,(H,16,18). The summed E-state index contributed by atoms with van der Waals surface area (Å²) in [7, 11) is -3.38. The minimum Gasteiger partial charge on any atom is -0.356 e. The van der Waals surface area contributed by atoms with Gasteiger partial charge in [0.05, 0.1) is 6.26 Å². The Bertz CT molecular complexity index is 543. The predicted molar refractivity (Wildman–Crippen MR) is 84.3 cm³/mol. The number of nitrogens with one attached hydrogen (secondary N) is 1. The zero-order valence-electron chi connectivity index (χ0n) is 12.9. The van der Waals surface area contributed by atoms with Crippen LogP contribution in [0.1, 0.15) is 38.3 Å². The number of sulfonamides is 1. The van der Waals surface area contributed by atoms with Gasteiger partial charge in [0, 0.05) is 25.6 Å². The maximum Gasteiger partial charge on any atom is 0.221 e. The van der Waals surface area contributed by atoms with Crippen LogP contribution in [-0.2, 0) is 14.8 Å². The van der Waals surface area contributed by atoms with Crippen molar-refractivity contribution in [1.29, 1.82) is 0 Å². The first kappa shape index (κ1) is 17.7. The van der Waals surface area contributed by atoms with Gasteiger partial charge < -0.3 is 5.32 Å². The van der Waals surface area contributed by atoms with Gasteiger partial charge in [-0.2, -0.15) is 4.31 Å². The molecule has 0 aromatic heterocycles. The summed E-state index contributed by atoms with van der Waals surface area (Å²) < 4.78 is 25.3. The second kappa shape index (κ2) is 8.14. The quantitative estimate of drug-likeness (QED) is 0.797. The van der Waals surface area contributed by atoms with Crippen LogP contribution in [0.2, 0.25) is 0 Å². The molecule has 1 N–H and O–H groups in total. The van der Waals surface area contributed by atoms with E-state index in [9.17, 15) is 13.2 Å². The van der Waals surface area contributed by atoms with E-state index in [4.69, 9.17) is 0 Å². The minimum atomic E-state index is -3.38. The van der Waals surface area contributed by atoms with E-state index in [-0.39, 0.29) is 24.9 Å². The van der Waals surface area contributed by atoms with Crippen molar-refractivity contribution in [3.8, 4) is 0 Å². The third kappa shape index (κ3) is 5.85. The summed E-state index contributed by atoms with van der Waals surface area (Å²) in [5, 5.41) is 2.76. The van der Waals surface area contributed by atoms with E-state index in [1.54, 1.807) is 0 Å². The van der Waals surface area contributed by atoms with Gasteiger partial charge in [-0.25, -0.2) is 8.42 Å². The van der Waals surface area contributed by atoms with E-state index >= 15 is 0 Å². The normalized spacial score (nSPS) is 13.1. The van der Waals surface area contributed by atoms with Crippen molar-refractivity contribution < 1.29 is 13.2 Å². The summed E-state index contributed by atoms with van der Waals surface area (Å²) in [6.45, 7) is 4.61. The Kier molecular flexibility index (Phi) is 6.84. The molecule has 1 amide bonds. The van der Waals surface area contributed by atoms with Gasteiger partial charge in [0.1, 0.15) is 0 Å². The molecule has 0 saturated carbocycles. The smallest absolute Gasteiger partial charge is 0.221 e. The third-order valence-corrected chi connectivity index (χ3v) is 4.62. The number of hydrogen-bond acceptors (Lipinski definition) is 3. The zero-order valence-corrected chi connectivity index (χ0v) is 13.7. The van der Waals surface area contributed by atoms with Crippen LogP contribution >= 0.6 is 0 Å². The Morgan fingerprint density at radius 1 is 1.29 bits per heavy atom. The number of carbonyl (C=O) groups excluding carboxylic acids is 1. The summed E-state index contributed by atoms with van der Waals surface area (Å²) >= 11 is 0. The third-order valence-electron chi connectivity index (χ3n) is 3.27. The SMILES string of the molecule is CCCNC(=O)CCN(C(C)c1ccccc1)S(C)(=O)=O. The molecule has 0 aliphatic heterocycles. The molecule has 1 rings (SSSR count). The molecule has 1 aromatic rings. The van der Waals surface area contributed by atoms with E-state index in [2.05, 4.69) is 5.32 Å². The zero-order chi connectivity index (χ0) is 15.9. The van der Waals surface area contributed by atoms with Gasteiger partial charge in [0.25, 0.3) is 0 Å². The average molecular weight is 312 g/mol. The van der Waals surface area contributed by atoms with Gasteiger partial charge in [-0.15, -0.1) is 0 Å². The van der Waals surface area contributed by atoms with Crippen LogP contribution in [0.5, 0.6) is 0 Å². The lowest BCUT2D eigenvalue weighted by molar-refractivity contribution is -0.121. The van der Waals surface area contributed by atoms with Crippen molar-refractivity contribution in [2.75, 3.05) is 19.3 Å². The summed E-state index contributed by atoms with van der Waals surface area (Å²) in [5.74, 6) is -0.120. The van der Waals surface area contributed by atoms with Crippen LogP contribution in [0.4, 0.5) is 0 Å². The lowest BCUT2D eigenvalue weighted by atomic mass is 10.1. The highest BCUT2D eigenvalue weighted by Gasteiger charge is 2.24. The Morgan fingerprint density at radius 2 is 1.90 bits per heavy atom. The Hall–Kier alpha value is -1.40. The molecule has 118 valence electrons. The molecule has 0 radical (unpaired) electrons. The van der Waals surface area contributed by atoms with Gasteiger partial charge in [0.15, 0.2) is 0 Å². The van der Waals surface area contributed by atoms with Crippen LogP contribution in [0.3, 0.4) is 0 Å². The van der Waals surface area contributed by atoms with Crippen LogP contribution in [0, 0.1) is 0 Å². The molecule has 0 aliphatic carbocycles. The van der Waals surface area contributed by atoms with Gasteiger partial charge in [-0.1, -0.05) is 37.3 Å². The molecule has 0 fully saturated rings. The fourth-order valence-electron chi connectivity index (χ4n) is 2.11. The minimum absolute atomic E-state index is 0.120.